The van der Waals surface area contributed by atoms with Crippen molar-refractivity contribution in [1.82, 2.24) is 9.97 Å². The Kier molecular flexibility index (Phi) is 3.31. The van der Waals surface area contributed by atoms with E-state index in [9.17, 15) is 4.79 Å². The van der Waals surface area contributed by atoms with E-state index in [4.69, 9.17) is 27.9 Å². The van der Waals surface area contributed by atoms with Crippen LogP contribution < -0.4 is 5.56 Å². The van der Waals surface area contributed by atoms with E-state index in [1.807, 2.05) is 0 Å². The monoisotopic (exact) mass is 296 g/mol. The summed E-state index contributed by atoms with van der Waals surface area (Å²) in [5, 5.41) is 1.04. The van der Waals surface area contributed by atoms with Crippen LogP contribution in [0, 0.1) is 0 Å². The standard InChI is InChI=1S/C13H10Cl2N2O2/c14-7-1-2-10(15)8(5-7)12-16-11-3-4-19-6-9(11)13(18)17-12/h1-2,5H,3-4,6H2,(H,16,17,18). The lowest BCUT2D eigenvalue weighted by atomic mass is 10.1. The van der Waals surface area contributed by atoms with Gasteiger partial charge in [0.15, 0.2) is 0 Å². The maximum absolute atomic E-state index is 12.0. The van der Waals surface area contributed by atoms with Gasteiger partial charge in [-0.05, 0) is 18.2 Å². The summed E-state index contributed by atoms with van der Waals surface area (Å²) in [5.74, 6) is 0.443. The molecular weight excluding hydrogens is 287 g/mol. The number of aromatic amines is 1. The van der Waals surface area contributed by atoms with E-state index < -0.39 is 0 Å². The van der Waals surface area contributed by atoms with Gasteiger partial charge in [0, 0.05) is 17.0 Å². The Morgan fingerprint density at radius 1 is 1.32 bits per heavy atom. The second-order valence-electron chi connectivity index (χ2n) is 4.27. The van der Waals surface area contributed by atoms with Gasteiger partial charge in [0.05, 0.1) is 29.5 Å². The number of aromatic nitrogens is 2. The minimum absolute atomic E-state index is 0.184. The van der Waals surface area contributed by atoms with Crippen molar-refractivity contribution in [2.75, 3.05) is 6.61 Å². The number of benzene rings is 1. The van der Waals surface area contributed by atoms with Crippen molar-refractivity contribution >= 4 is 23.2 Å². The summed E-state index contributed by atoms with van der Waals surface area (Å²) < 4.78 is 5.26. The summed E-state index contributed by atoms with van der Waals surface area (Å²) in [6, 6.07) is 5.06. The SMILES string of the molecule is O=c1[nH]c(-c2cc(Cl)ccc2Cl)nc2c1COCC2. The van der Waals surface area contributed by atoms with Crippen LogP contribution in [-0.4, -0.2) is 16.6 Å². The fourth-order valence-electron chi connectivity index (χ4n) is 2.05. The summed E-state index contributed by atoms with van der Waals surface area (Å²) in [5.41, 5.74) is 1.80. The lowest BCUT2D eigenvalue weighted by Gasteiger charge is -2.15. The van der Waals surface area contributed by atoms with Gasteiger partial charge in [-0.3, -0.25) is 4.79 Å². The van der Waals surface area contributed by atoms with E-state index in [1.54, 1.807) is 18.2 Å². The molecule has 0 bridgehead atoms. The topological polar surface area (TPSA) is 55.0 Å². The lowest BCUT2D eigenvalue weighted by molar-refractivity contribution is 0.108. The van der Waals surface area contributed by atoms with Gasteiger partial charge in [0.1, 0.15) is 5.82 Å². The summed E-state index contributed by atoms with van der Waals surface area (Å²) in [4.78, 5) is 19.2. The maximum Gasteiger partial charge on any atom is 0.256 e. The molecule has 19 heavy (non-hydrogen) atoms. The molecule has 1 aliphatic heterocycles. The minimum atomic E-state index is -0.184. The van der Waals surface area contributed by atoms with Gasteiger partial charge < -0.3 is 9.72 Å². The van der Waals surface area contributed by atoms with Crippen molar-refractivity contribution in [1.29, 1.82) is 0 Å². The Balaban J connectivity index is 2.18. The fourth-order valence-corrected chi connectivity index (χ4v) is 2.43. The average Bonchev–Trinajstić information content (AvgIpc) is 2.41. The average molecular weight is 297 g/mol. The third-order valence-corrected chi connectivity index (χ3v) is 3.58. The van der Waals surface area contributed by atoms with Crippen molar-refractivity contribution in [3.8, 4) is 11.4 Å². The molecule has 1 N–H and O–H groups in total. The molecule has 2 aromatic rings. The predicted molar refractivity (Wildman–Crippen MR) is 73.7 cm³/mol. The van der Waals surface area contributed by atoms with Crippen molar-refractivity contribution in [2.45, 2.75) is 13.0 Å². The van der Waals surface area contributed by atoms with Crippen molar-refractivity contribution in [3.63, 3.8) is 0 Å². The van der Waals surface area contributed by atoms with Gasteiger partial charge in [-0.15, -0.1) is 0 Å². The first kappa shape index (κ1) is 12.7. The highest BCUT2D eigenvalue weighted by atomic mass is 35.5. The van der Waals surface area contributed by atoms with Gasteiger partial charge in [0.2, 0.25) is 0 Å². The molecule has 0 aliphatic carbocycles. The molecule has 1 aliphatic rings. The molecule has 0 fully saturated rings. The Bertz CT molecular complexity index is 698. The van der Waals surface area contributed by atoms with Crippen molar-refractivity contribution in [3.05, 3.63) is 49.9 Å². The first-order chi connectivity index (χ1) is 9.15. The number of nitrogens with one attached hydrogen (secondary N) is 1. The molecule has 1 aromatic carbocycles. The number of hydrogen-bond donors (Lipinski definition) is 1. The predicted octanol–water partition coefficient (Wildman–Crippen LogP) is 2.82. The van der Waals surface area contributed by atoms with Gasteiger partial charge >= 0.3 is 0 Å². The molecule has 0 saturated carbocycles. The first-order valence-electron chi connectivity index (χ1n) is 5.80. The van der Waals surface area contributed by atoms with E-state index >= 15 is 0 Å². The van der Waals surface area contributed by atoms with E-state index in [-0.39, 0.29) is 5.56 Å². The minimum Gasteiger partial charge on any atom is -0.376 e. The van der Waals surface area contributed by atoms with E-state index in [1.165, 1.54) is 0 Å². The van der Waals surface area contributed by atoms with Gasteiger partial charge in [-0.2, -0.15) is 0 Å². The van der Waals surface area contributed by atoms with Crippen LogP contribution in [0.1, 0.15) is 11.3 Å². The summed E-state index contributed by atoms with van der Waals surface area (Å²) in [6.07, 6.45) is 0.629. The Labute approximate surface area is 119 Å². The van der Waals surface area contributed by atoms with Crippen LogP contribution >= 0.6 is 23.2 Å². The molecule has 0 atom stereocenters. The van der Waals surface area contributed by atoms with Crippen LogP contribution in [0.15, 0.2) is 23.0 Å². The van der Waals surface area contributed by atoms with Gasteiger partial charge in [-0.1, -0.05) is 23.2 Å². The number of rotatable bonds is 1. The molecule has 4 nitrogen and oxygen atoms in total. The molecule has 0 amide bonds. The smallest absolute Gasteiger partial charge is 0.256 e. The molecule has 98 valence electrons. The van der Waals surface area contributed by atoms with Crippen LogP contribution in [-0.2, 0) is 17.8 Å². The summed E-state index contributed by atoms with van der Waals surface area (Å²) >= 11 is 12.1. The molecule has 0 unspecified atom stereocenters. The maximum atomic E-state index is 12.0. The fraction of sp³-hybridized carbons (Fsp3) is 0.231. The number of H-pyrrole nitrogens is 1. The largest absolute Gasteiger partial charge is 0.376 e. The molecule has 3 rings (SSSR count). The van der Waals surface area contributed by atoms with Crippen LogP contribution in [0.25, 0.3) is 11.4 Å². The molecule has 0 radical (unpaired) electrons. The first-order valence-corrected chi connectivity index (χ1v) is 6.56. The zero-order valence-corrected chi connectivity index (χ0v) is 11.4. The number of nitrogens with zero attached hydrogens (tertiary/aromatic N) is 1. The Hall–Kier alpha value is -1.36. The molecular formula is C13H10Cl2N2O2. The highest BCUT2D eigenvalue weighted by Gasteiger charge is 2.17. The molecule has 0 saturated heterocycles. The van der Waals surface area contributed by atoms with Crippen LogP contribution in [0.3, 0.4) is 0 Å². The van der Waals surface area contributed by atoms with E-state index in [0.29, 0.717) is 46.6 Å². The molecule has 6 heteroatoms. The van der Waals surface area contributed by atoms with Crippen LogP contribution in [0.4, 0.5) is 0 Å². The zero-order valence-electron chi connectivity index (χ0n) is 9.87. The Morgan fingerprint density at radius 3 is 3.00 bits per heavy atom. The number of fused-ring (bicyclic) bond motifs is 1. The number of halogens is 2. The molecule has 1 aromatic heterocycles. The number of ether oxygens (including phenoxy) is 1. The third-order valence-electron chi connectivity index (χ3n) is 3.01. The van der Waals surface area contributed by atoms with Gasteiger partial charge in [-0.25, -0.2) is 4.98 Å². The zero-order chi connectivity index (χ0) is 13.4. The van der Waals surface area contributed by atoms with Crippen molar-refractivity contribution in [2.24, 2.45) is 0 Å². The highest BCUT2D eigenvalue weighted by Crippen LogP contribution is 2.28. The van der Waals surface area contributed by atoms with E-state index in [2.05, 4.69) is 9.97 Å². The van der Waals surface area contributed by atoms with Crippen LogP contribution in [0.2, 0.25) is 10.0 Å². The second-order valence-corrected chi connectivity index (χ2v) is 5.11. The lowest BCUT2D eigenvalue weighted by Crippen LogP contribution is -2.24. The van der Waals surface area contributed by atoms with Crippen LogP contribution in [0.5, 0.6) is 0 Å². The third kappa shape index (κ3) is 2.39. The van der Waals surface area contributed by atoms with Gasteiger partial charge in [0.25, 0.3) is 5.56 Å². The quantitative estimate of drug-likeness (QED) is 0.880. The molecule has 0 spiro atoms. The highest BCUT2D eigenvalue weighted by molar-refractivity contribution is 6.35. The Morgan fingerprint density at radius 2 is 2.16 bits per heavy atom. The second kappa shape index (κ2) is 4.96. The summed E-state index contributed by atoms with van der Waals surface area (Å²) in [6.45, 7) is 0.882. The summed E-state index contributed by atoms with van der Waals surface area (Å²) in [7, 11) is 0. The van der Waals surface area contributed by atoms with E-state index in [0.717, 1.165) is 5.69 Å². The van der Waals surface area contributed by atoms with Crippen molar-refractivity contribution < 1.29 is 4.74 Å². The number of hydrogen-bond acceptors (Lipinski definition) is 3. The molecule has 2 heterocycles. The normalized spacial score (nSPS) is 14.2.